The lowest BCUT2D eigenvalue weighted by Gasteiger charge is -2.35. The maximum absolute atomic E-state index is 13.2. The molecule has 0 atom stereocenters. The Balaban J connectivity index is 1.36. The monoisotopic (exact) mass is 568 g/mol. The van der Waals surface area contributed by atoms with Gasteiger partial charge in [0.1, 0.15) is 0 Å². The van der Waals surface area contributed by atoms with Gasteiger partial charge >= 0.3 is 6.18 Å². The second-order valence-electron chi connectivity index (χ2n) is 9.11. The fourth-order valence-corrected chi connectivity index (χ4v) is 5.09. The summed E-state index contributed by atoms with van der Waals surface area (Å²) in [6, 6.07) is 11.0. The Morgan fingerprint density at radius 2 is 1.85 bits per heavy atom. The van der Waals surface area contributed by atoms with E-state index in [4.69, 9.17) is 0 Å². The van der Waals surface area contributed by atoms with Gasteiger partial charge in [-0.3, -0.25) is 9.48 Å². The normalized spacial score (nSPS) is 17.5. The number of nitrogens with zero attached hydrogens (tertiary/aromatic N) is 3. The van der Waals surface area contributed by atoms with Gasteiger partial charge in [-0.15, -0.1) is 0 Å². The van der Waals surface area contributed by atoms with Crippen LogP contribution in [0.4, 0.5) is 24.5 Å². The molecule has 0 bridgehead atoms. The second-order valence-corrected chi connectivity index (χ2v) is 10.4. The van der Waals surface area contributed by atoms with E-state index < -0.39 is 12.6 Å². The van der Waals surface area contributed by atoms with E-state index in [2.05, 4.69) is 44.0 Å². The Hall–Kier alpha value is -2.30. The average molecular weight is 568 g/mol. The molecule has 1 N–H and O–H groups in total. The fourth-order valence-electron chi connectivity index (χ4n) is 4.61. The van der Waals surface area contributed by atoms with Gasteiger partial charge in [-0.25, -0.2) is 0 Å². The van der Waals surface area contributed by atoms with Crippen molar-refractivity contribution in [3.63, 3.8) is 0 Å². The van der Waals surface area contributed by atoms with E-state index in [0.29, 0.717) is 22.2 Å². The lowest BCUT2D eigenvalue weighted by molar-refractivity contribution is -0.137. The summed E-state index contributed by atoms with van der Waals surface area (Å²) in [5, 5.41) is 7.74. The first-order valence-electron chi connectivity index (χ1n) is 11.1. The van der Waals surface area contributed by atoms with Gasteiger partial charge in [0.25, 0.3) is 5.91 Å². The summed E-state index contributed by atoms with van der Waals surface area (Å²) in [5.41, 5.74) is 3.18. The van der Waals surface area contributed by atoms with E-state index in [1.165, 1.54) is 23.7 Å². The van der Waals surface area contributed by atoms with E-state index in [9.17, 15) is 18.0 Å². The van der Waals surface area contributed by atoms with Crippen molar-refractivity contribution in [1.29, 1.82) is 0 Å². The van der Waals surface area contributed by atoms with E-state index >= 15 is 0 Å². The van der Waals surface area contributed by atoms with Crippen molar-refractivity contribution < 1.29 is 18.0 Å². The summed E-state index contributed by atoms with van der Waals surface area (Å²) >= 11 is 2.26. The summed E-state index contributed by atoms with van der Waals surface area (Å²) in [4.78, 5) is 15.5. The number of nitrogens with one attached hydrogen (secondary N) is 1. The van der Waals surface area contributed by atoms with Crippen molar-refractivity contribution in [2.75, 3.05) is 23.3 Å². The van der Waals surface area contributed by atoms with Crippen LogP contribution in [0.15, 0.2) is 42.6 Å². The van der Waals surface area contributed by atoms with Crippen LogP contribution < -0.4 is 10.2 Å². The van der Waals surface area contributed by atoms with Gasteiger partial charge in [0.2, 0.25) is 0 Å². The van der Waals surface area contributed by atoms with E-state index in [0.717, 1.165) is 40.6 Å². The van der Waals surface area contributed by atoms with Crippen LogP contribution in [0.25, 0.3) is 10.9 Å². The van der Waals surface area contributed by atoms with Crippen molar-refractivity contribution >= 4 is 50.8 Å². The Bertz CT molecular complexity index is 1190. The number of hydrogen-bond acceptors (Lipinski definition) is 3. The first-order valence-corrected chi connectivity index (χ1v) is 12.2. The van der Waals surface area contributed by atoms with Gasteiger partial charge < -0.3 is 10.2 Å². The number of amides is 1. The van der Waals surface area contributed by atoms with Crippen LogP contribution in [0.5, 0.6) is 0 Å². The first-order chi connectivity index (χ1) is 15.7. The Morgan fingerprint density at radius 3 is 2.55 bits per heavy atom. The van der Waals surface area contributed by atoms with Crippen molar-refractivity contribution in [1.82, 2.24) is 9.78 Å². The number of piperidine rings is 1. The molecule has 2 aromatic carbocycles. The van der Waals surface area contributed by atoms with Crippen LogP contribution in [-0.4, -0.2) is 35.0 Å². The van der Waals surface area contributed by atoms with Crippen LogP contribution in [0.2, 0.25) is 0 Å². The highest BCUT2D eigenvalue weighted by Crippen LogP contribution is 2.54. The van der Waals surface area contributed by atoms with Crippen molar-refractivity contribution in [2.45, 2.75) is 44.8 Å². The zero-order valence-electron chi connectivity index (χ0n) is 18.0. The number of halogens is 4. The number of fused-ring (bicyclic) bond motifs is 1. The number of benzene rings is 2. The minimum absolute atomic E-state index is 0.228. The number of carbonyl (C=O) groups is 1. The summed E-state index contributed by atoms with van der Waals surface area (Å²) < 4.78 is 40.3. The van der Waals surface area contributed by atoms with Gasteiger partial charge in [-0.1, -0.05) is 0 Å². The summed E-state index contributed by atoms with van der Waals surface area (Å²) in [6.45, 7) is 1.64. The molecule has 33 heavy (non-hydrogen) atoms. The summed E-state index contributed by atoms with van der Waals surface area (Å²) in [5.74, 6) is -0.228. The number of aromatic nitrogens is 2. The Kier molecular flexibility index (Phi) is 5.78. The molecule has 9 heteroatoms. The molecular weight excluding hydrogens is 544 g/mol. The number of rotatable bonds is 5. The van der Waals surface area contributed by atoms with Crippen molar-refractivity contribution in [3.05, 3.63) is 51.7 Å². The quantitative estimate of drug-likeness (QED) is 0.372. The molecule has 1 aliphatic heterocycles. The number of hydrogen-bond donors (Lipinski definition) is 1. The van der Waals surface area contributed by atoms with E-state index in [1.54, 1.807) is 18.2 Å². The van der Waals surface area contributed by atoms with Gasteiger partial charge in [-0.05, 0) is 90.1 Å². The number of aryl methyl sites for hydroxylation is 1. The lowest BCUT2D eigenvalue weighted by Crippen LogP contribution is -2.35. The summed E-state index contributed by atoms with van der Waals surface area (Å²) in [6.07, 6.45) is 1.31. The molecule has 3 aromatic rings. The Morgan fingerprint density at radius 1 is 1.09 bits per heavy atom. The molecule has 1 spiro atoms. The summed E-state index contributed by atoms with van der Waals surface area (Å²) in [7, 11) is 0. The third-order valence-corrected chi connectivity index (χ3v) is 7.51. The zero-order chi connectivity index (χ0) is 23.2. The molecule has 0 radical (unpaired) electrons. The van der Waals surface area contributed by atoms with Crippen LogP contribution >= 0.6 is 22.6 Å². The predicted octanol–water partition coefficient (Wildman–Crippen LogP) is 6.23. The molecule has 2 heterocycles. The molecule has 5 nitrogen and oxygen atoms in total. The highest BCUT2D eigenvalue weighted by atomic mass is 127. The van der Waals surface area contributed by atoms with Crippen molar-refractivity contribution in [2.24, 2.45) is 5.41 Å². The minimum atomic E-state index is -4.25. The van der Waals surface area contributed by atoms with Gasteiger partial charge in [0.05, 0.1) is 35.9 Å². The molecule has 2 aliphatic rings. The largest absolute Gasteiger partial charge is 0.390 e. The molecule has 1 saturated heterocycles. The van der Waals surface area contributed by atoms with Crippen molar-refractivity contribution in [3.8, 4) is 0 Å². The molecular formula is C24H24F3IN4O. The molecule has 1 aliphatic carbocycles. The zero-order valence-corrected chi connectivity index (χ0v) is 20.1. The fraction of sp³-hybridized carbons (Fsp3) is 0.417. The average Bonchev–Trinajstić information content (AvgIpc) is 3.40. The number of anilines is 2. The van der Waals surface area contributed by atoms with Crippen LogP contribution in [0.3, 0.4) is 0 Å². The standard InChI is InChI=1S/C24H24F3IN4O/c25-24(26,27)9-12-32-20-14-18(3-1-16(20)15-29-32)30-22(33)19-4-2-17(28)13-21(19)31-10-7-23(5-6-23)8-11-31/h1-4,13-15H,5-12H2,(H,30,33). The maximum atomic E-state index is 13.2. The highest BCUT2D eigenvalue weighted by Gasteiger charge is 2.44. The molecule has 2 fully saturated rings. The molecule has 1 aromatic heterocycles. The van der Waals surface area contributed by atoms with E-state index in [1.807, 2.05) is 12.1 Å². The predicted molar refractivity (Wildman–Crippen MR) is 131 cm³/mol. The highest BCUT2D eigenvalue weighted by molar-refractivity contribution is 14.1. The number of carbonyl (C=O) groups excluding carboxylic acids is 1. The van der Waals surface area contributed by atoms with Gasteiger partial charge in [0, 0.05) is 27.7 Å². The first kappa shape index (κ1) is 22.5. The molecule has 174 valence electrons. The third-order valence-electron chi connectivity index (χ3n) is 6.84. The van der Waals surface area contributed by atoms with Crippen LogP contribution in [0.1, 0.15) is 42.5 Å². The molecule has 1 amide bonds. The smallest absolute Gasteiger partial charge is 0.371 e. The SMILES string of the molecule is O=C(Nc1ccc2cnn(CCC(F)(F)F)c2c1)c1ccc(I)cc1N1CCC2(CC1)CC2. The van der Waals surface area contributed by atoms with Gasteiger partial charge in [0.15, 0.2) is 0 Å². The van der Waals surface area contributed by atoms with Crippen LogP contribution in [0, 0.1) is 8.99 Å². The third kappa shape index (κ3) is 4.97. The number of alkyl halides is 3. The molecule has 1 saturated carbocycles. The second kappa shape index (κ2) is 8.48. The molecule has 0 unspecified atom stereocenters. The molecule has 5 rings (SSSR count). The Labute approximate surface area is 203 Å². The lowest BCUT2D eigenvalue weighted by atomic mass is 9.93. The van der Waals surface area contributed by atoms with E-state index in [-0.39, 0.29) is 12.5 Å². The topological polar surface area (TPSA) is 50.2 Å². The minimum Gasteiger partial charge on any atom is -0.371 e. The van der Waals surface area contributed by atoms with Crippen LogP contribution in [-0.2, 0) is 6.54 Å². The maximum Gasteiger partial charge on any atom is 0.390 e. The van der Waals surface area contributed by atoms with Gasteiger partial charge in [-0.2, -0.15) is 18.3 Å².